The van der Waals surface area contributed by atoms with Crippen molar-refractivity contribution < 1.29 is 4.42 Å². The summed E-state index contributed by atoms with van der Waals surface area (Å²) in [6, 6.07) is 3.75. The zero-order chi connectivity index (χ0) is 11.7. The summed E-state index contributed by atoms with van der Waals surface area (Å²) in [5.41, 5.74) is 0. The van der Waals surface area contributed by atoms with E-state index in [1.165, 1.54) is 19.3 Å². The van der Waals surface area contributed by atoms with Gasteiger partial charge in [-0.05, 0) is 43.6 Å². The predicted molar refractivity (Wildman–Crippen MR) is 66.9 cm³/mol. The molecular formula is C11H14N4OS. The highest BCUT2D eigenvalue weighted by atomic mass is 32.1. The Hall–Kier alpha value is -1.56. The summed E-state index contributed by atoms with van der Waals surface area (Å²) in [6.45, 7) is 2.03. The molecule has 1 aliphatic rings. The van der Waals surface area contributed by atoms with Gasteiger partial charge in [0.05, 0.1) is 6.26 Å². The number of piperidine rings is 1. The Balaban J connectivity index is 2.03. The van der Waals surface area contributed by atoms with E-state index in [4.69, 9.17) is 16.6 Å². The third-order valence-corrected chi connectivity index (χ3v) is 3.27. The van der Waals surface area contributed by atoms with Crippen LogP contribution in [-0.2, 0) is 0 Å². The van der Waals surface area contributed by atoms with Crippen LogP contribution in [0.5, 0.6) is 0 Å². The van der Waals surface area contributed by atoms with Gasteiger partial charge in [-0.15, -0.1) is 5.10 Å². The predicted octanol–water partition coefficient (Wildman–Crippen LogP) is 2.32. The Labute approximate surface area is 104 Å². The Kier molecular flexibility index (Phi) is 2.72. The van der Waals surface area contributed by atoms with Crippen LogP contribution in [0.3, 0.4) is 0 Å². The van der Waals surface area contributed by atoms with Crippen LogP contribution in [0.15, 0.2) is 22.8 Å². The van der Waals surface area contributed by atoms with Crippen LogP contribution in [0.2, 0.25) is 0 Å². The maximum absolute atomic E-state index is 5.39. The maximum atomic E-state index is 5.39. The molecule has 1 fully saturated rings. The second kappa shape index (κ2) is 4.37. The number of aromatic nitrogens is 3. The smallest absolute Gasteiger partial charge is 0.217 e. The number of nitrogens with zero attached hydrogens (tertiary/aromatic N) is 3. The number of hydrogen-bond acceptors (Lipinski definition) is 4. The number of hydrogen-bond donors (Lipinski definition) is 1. The van der Waals surface area contributed by atoms with Crippen LogP contribution in [-0.4, -0.2) is 28.0 Å². The van der Waals surface area contributed by atoms with Gasteiger partial charge in [0, 0.05) is 13.1 Å². The molecule has 0 bridgehead atoms. The molecule has 1 N–H and O–H groups in total. The highest BCUT2D eigenvalue weighted by molar-refractivity contribution is 7.71. The average molecular weight is 250 g/mol. The van der Waals surface area contributed by atoms with Crippen LogP contribution < -0.4 is 5.01 Å². The summed E-state index contributed by atoms with van der Waals surface area (Å²) in [4.78, 5) is 0. The molecule has 3 heterocycles. The van der Waals surface area contributed by atoms with Crippen molar-refractivity contribution in [2.24, 2.45) is 0 Å². The molecule has 1 aliphatic heterocycles. The molecule has 90 valence electrons. The van der Waals surface area contributed by atoms with E-state index in [0.29, 0.717) is 4.77 Å². The quantitative estimate of drug-likeness (QED) is 0.831. The molecule has 0 aliphatic carbocycles. The Bertz CT molecular complexity index is 536. The molecule has 0 radical (unpaired) electrons. The minimum atomic E-state index is 0.623. The van der Waals surface area contributed by atoms with Crippen LogP contribution >= 0.6 is 12.2 Å². The molecule has 0 saturated carbocycles. The molecule has 3 rings (SSSR count). The summed E-state index contributed by atoms with van der Waals surface area (Å²) < 4.78 is 7.96. The lowest BCUT2D eigenvalue weighted by Gasteiger charge is -2.29. The average Bonchev–Trinajstić information content (AvgIpc) is 2.98. The second-order valence-electron chi connectivity index (χ2n) is 4.16. The highest BCUT2D eigenvalue weighted by Gasteiger charge is 2.18. The lowest BCUT2D eigenvalue weighted by atomic mass is 10.2. The van der Waals surface area contributed by atoms with Gasteiger partial charge in [0.2, 0.25) is 10.6 Å². The van der Waals surface area contributed by atoms with E-state index >= 15 is 0 Å². The van der Waals surface area contributed by atoms with Gasteiger partial charge in [-0.1, -0.05) is 0 Å². The molecule has 1 saturated heterocycles. The van der Waals surface area contributed by atoms with Crippen LogP contribution in [0.1, 0.15) is 19.3 Å². The van der Waals surface area contributed by atoms with Crippen LogP contribution in [0, 0.1) is 4.77 Å². The van der Waals surface area contributed by atoms with Crippen molar-refractivity contribution in [3.05, 3.63) is 23.2 Å². The van der Waals surface area contributed by atoms with Gasteiger partial charge in [0.25, 0.3) is 0 Å². The number of rotatable bonds is 2. The summed E-state index contributed by atoms with van der Waals surface area (Å²) in [5, 5.41) is 9.31. The molecule has 0 amide bonds. The van der Waals surface area contributed by atoms with Gasteiger partial charge in [-0.2, -0.15) is 0 Å². The highest BCUT2D eigenvalue weighted by Crippen LogP contribution is 2.19. The SMILES string of the molecule is S=c1[nH]nc(-c2ccco2)n1N1CCCCC1. The fraction of sp³-hybridized carbons (Fsp3) is 0.455. The van der Waals surface area contributed by atoms with Crippen molar-refractivity contribution >= 4 is 12.2 Å². The zero-order valence-electron chi connectivity index (χ0n) is 9.43. The monoisotopic (exact) mass is 250 g/mol. The molecule has 17 heavy (non-hydrogen) atoms. The van der Waals surface area contributed by atoms with Crippen molar-refractivity contribution in [3.8, 4) is 11.6 Å². The van der Waals surface area contributed by atoms with Crippen molar-refractivity contribution in [1.82, 2.24) is 14.9 Å². The molecule has 0 spiro atoms. The lowest BCUT2D eigenvalue weighted by Crippen LogP contribution is -2.39. The standard InChI is InChI=1S/C11H14N4OS/c17-11-13-12-10(9-5-4-8-16-9)15(11)14-6-2-1-3-7-14/h4-5,8H,1-3,6-7H2,(H,13,17). The van der Waals surface area contributed by atoms with Crippen molar-refractivity contribution in [1.29, 1.82) is 0 Å². The first-order valence-electron chi connectivity index (χ1n) is 5.83. The second-order valence-corrected chi connectivity index (χ2v) is 4.54. The van der Waals surface area contributed by atoms with Crippen molar-refractivity contribution in [2.45, 2.75) is 19.3 Å². The number of furan rings is 1. The minimum Gasteiger partial charge on any atom is -0.461 e. The van der Waals surface area contributed by atoms with Crippen LogP contribution in [0.25, 0.3) is 11.6 Å². The molecular weight excluding hydrogens is 236 g/mol. The molecule has 5 nitrogen and oxygen atoms in total. The van der Waals surface area contributed by atoms with E-state index in [1.54, 1.807) is 6.26 Å². The van der Waals surface area contributed by atoms with Crippen molar-refractivity contribution in [3.63, 3.8) is 0 Å². The van der Waals surface area contributed by atoms with Gasteiger partial charge in [0.15, 0.2) is 5.76 Å². The molecule has 0 unspecified atom stereocenters. The zero-order valence-corrected chi connectivity index (χ0v) is 10.2. The fourth-order valence-corrected chi connectivity index (χ4v) is 2.44. The van der Waals surface area contributed by atoms with Crippen LogP contribution in [0.4, 0.5) is 0 Å². The van der Waals surface area contributed by atoms with Gasteiger partial charge in [-0.25, -0.2) is 9.77 Å². The Morgan fingerprint density at radius 1 is 1.29 bits per heavy atom. The third-order valence-electron chi connectivity index (χ3n) is 3.01. The maximum Gasteiger partial charge on any atom is 0.217 e. The van der Waals surface area contributed by atoms with E-state index < -0.39 is 0 Å². The molecule has 2 aromatic rings. The lowest BCUT2D eigenvalue weighted by molar-refractivity contribution is 0.472. The van der Waals surface area contributed by atoms with Gasteiger partial charge < -0.3 is 9.43 Å². The minimum absolute atomic E-state index is 0.623. The van der Waals surface area contributed by atoms with Gasteiger partial charge in [0.1, 0.15) is 0 Å². The number of nitrogens with one attached hydrogen (secondary N) is 1. The first-order valence-corrected chi connectivity index (χ1v) is 6.23. The van der Waals surface area contributed by atoms with E-state index in [-0.39, 0.29) is 0 Å². The molecule has 0 aromatic carbocycles. The fourth-order valence-electron chi connectivity index (χ4n) is 2.20. The summed E-state index contributed by atoms with van der Waals surface area (Å²) in [5.74, 6) is 1.49. The summed E-state index contributed by atoms with van der Waals surface area (Å²) in [6.07, 6.45) is 5.33. The molecule has 0 atom stereocenters. The molecule has 6 heteroatoms. The number of aromatic amines is 1. The molecule has 2 aromatic heterocycles. The van der Waals surface area contributed by atoms with Gasteiger partial charge >= 0.3 is 0 Å². The van der Waals surface area contributed by atoms with Gasteiger partial charge in [-0.3, -0.25) is 0 Å². The van der Waals surface area contributed by atoms with E-state index in [9.17, 15) is 0 Å². The first-order chi connectivity index (χ1) is 8.36. The van der Waals surface area contributed by atoms with Crippen molar-refractivity contribution in [2.75, 3.05) is 18.1 Å². The summed E-state index contributed by atoms with van der Waals surface area (Å²) in [7, 11) is 0. The Morgan fingerprint density at radius 2 is 2.12 bits per heavy atom. The number of H-pyrrole nitrogens is 1. The third kappa shape index (κ3) is 1.88. The topological polar surface area (TPSA) is 50.0 Å². The normalized spacial score (nSPS) is 16.4. The van der Waals surface area contributed by atoms with E-state index in [2.05, 4.69) is 15.2 Å². The largest absolute Gasteiger partial charge is 0.461 e. The summed E-state index contributed by atoms with van der Waals surface area (Å²) >= 11 is 5.29. The van der Waals surface area contributed by atoms with E-state index in [0.717, 1.165) is 24.7 Å². The first kappa shape index (κ1) is 10.6. The van der Waals surface area contributed by atoms with E-state index in [1.807, 2.05) is 16.8 Å². The Morgan fingerprint density at radius 3 is 2.82 bits per heavy atom.